The van der Waals surface area contributed by atoms with Crippen LogP contribution >= 0.6 is 0 Å². The maximum atomic E-state index is 12.0. The summed E-state index contributed by atoms with van der Waals surface area (Å²) in [6.45, 7) is 0. The van der Waals surface area contributed by atoms with Gasteiger partial charge in [0.25, 0.3) is 5.91 Å². The molecule has 0 aliphatic carbocycles. The van der Waals surface area contributed by atoms with Crippen molar-refractivity contribution in [3.8, 4) is 11.8 Å². The van der Waals surface area contributed by atoms with Crippen LogP contribution in [0, 0.1) is 11.3 Å². The van der Waals surface area contributed by atoms with Gasteiger partial charge in [-0.1, -0.05) is 0 Å². The smallest absolute Gasteiger partial charge is 0.335 e. The molecule has 2 rings (SSSR count). The van der Waals surface area contributed by atoms with Crippen molar-refractivity contribution in [2.45, 2.75) is 0 Å². The molecule has 0 heterocycles. The minimum atomic E-state index is -1.04. The molecule has 7 nitrogen and oxygen atoms in total. The second-order valence-electron chi connectivity index (χ2n) is 4.70. The Labute approximate surface area is 137 Å². The number of rotatable bonds is 5. The van der Waals surface area contributed by atoms with Crippen molar-refractivity contribution in [1.82, 2.24) is 0 Å². The maximum Gasteiger partial charge on any atom is 0.335 e. The number of hydrogen-bond donors (Lipinski definition) is 4. The van der Waals surface area contributed by atoms with Gasteiger partial charge in [-0.3, -0.25) is 4.79 Å². The topological polar surface area (TPSA) is 122 Å². The maximum absolute atomic E-state index is 12.0. The lowest BCUT2D eigenvalue weighted by Gasteiger charge is -2.05. The summed E-state index contributed by atoms with van der Waals surface area (Å²) >= 11 is 0. The number of phenolic OH excluding ortho intramolecular Hbond substituents is 1. The first kappa shape index (κ1) is 16.6. The predicted octanol–water partition coefficient (Wildman–Crippen LogP) is 2.55. The van der Waals surface area contributed by atoms with Gasteiger partial charge in [0.05, 0.1) is 5.56 Å². The molecule has 0 radical (unpaired) electrons. The number of anilines is 2. The number of aromatic hydroxyl groups is 1. The van der Waals surface area contributed by atoms with Crippen molar-refractivity contribution in [1.29, 1.82) is 5.26 Å². The summed E-state index contributed by atoms with van der Waals surface area (Å²) in [7, 11) is 0. The molecule has 24 heavy (non-hydrogen) atoms. The molecule has 4 N–H and O–H groups in total. The van der Waals surface area contributed by atoms with Crippen LogP contribution in [0.4, 0.5) is 11.4 Å². The van der Waals surface area contributed by atoms with Crippen molar-refractivity contribution >= 4 is 23.3 Å². The normalized spacial score (nSPS) is 10.5. The Bertz CT molecular complexity index is 818. The van der Waals surface area contributed by atoms with Crippen molar-refractivity contribution in [3.05, 3.63) is 65.9 Å². The van der Waals surface area contributed by atoms with Crippen LogP contribution in [0.25, 0.3) is 0 Å². The highest BCUT2D eigenvalue weighted by atomic mass is 16.4. The third kappa shape index (κ3) is 4.35. The number of nitriles is 1. The van der Waals surface area contributed by atoms with Crippen molar-refractivity contribution in [2.75, 3.05) is 10.6 Å². The predicted molar refractivity (Wildman–Crippen MR) is 87.5 cm³/mol. The molecule has 0 fully saturated rings. The number of phenols is 1. The molecule has 1 amide bonds. The molecule has 0 saturated carbocycles. The minimum absolute atomic E-state index is 0.0653. The highest BCUT2D eigenvalue weighted by Crippen LogP contribution is 2.15. The van der Waals surface area contributed by atoms with E-state index in [9.17, 15) is 14.7 Å². The summed E-state index contributed by atoms with van der Waals surface area (Å²) in [6.07, 6.45) is 1.23. The lowest BCUT2D eigenvalue weighted by Crippen LogP contribution is -2.14. The Balaban J connectivity index is 2.05. The van der Waals surface area contributed by atoms with Crippen LogP contribution in [0.1, 0.15) is 10.4 Å². The molecule has 120 valence electrons. The zero-order valence-electron chi connectivity index (χ0n) is 12.4. The molecule has 0 aliphatic heterocycles. The van der Waals surface area contributed by atoms with Crippen LogP contribution in [0.3, 0.4) is 0 Å². The second kappa shape index (κ2) is 7.47. The van der Waals surface area contributed by atoms with Crippen LogP contribution in [-0.2, 0) is 4.79 Å². The van der Waals surface area contributed by atoms with Gasteiger partial charge in [0.15, 0.2) is 0 Å². The number of benzene rings is 2. The monoisotopic (exact) mass is 323 g/mol. The minimum Gasteiger partial charge on any atom is -0.508 e. The molecule has 0 bridgehead atoms. The number of aromatic carboxylic acids is 1. The summed E-state index contributed by atoms with van der Waals surface area (Å²) in [6, 6.07) is 13.4. The van der Waals surface area contributed by atoms with E-state index in [-0.39, 0.29) is 16.9 Å². The van der Waals surface area contributed by atoms with E-state index < -0.39 is 11.9 Å². The molecule has 0 aliphatic rings. The Morgan fingerprint density at radius 3 is 2.12 bits per heavy atom. The van der Waals surface area contributed by atoms with E-state index in [1.54, 1.807) is 6.07 Å². The number of carboxylic acid groups (broad SMARTS) is 1. The summed E-state index contributed by atoms with van der Waals surface area (Å²) in [5.41, 5.74) is 0.940. The van der Waals surface area contributed by atoms with Crippen LogP contribution in [0.15, 0.2) is 60.3 Å². The summed E-state index contributed by atoms with van der Waals surface area (Å²) in [4.78, 5) is 22.8. The lowest BCUT2D eigenvalue weighted by molar-refractivity contribution is -0.112. The van der Waals surface area contributed by atoms with Gasteiger partial charge >= 0.3 is 5.97 Å². The number of carboxylic acids is 1. The number of nitrogens with one attached hydrogen (secondary N) is 2. The van der Waals surface area contributed by atoms with E-state index in [0.29, 0.717) is 11.4 Å². The van der Waals surface area contributed by atoms with E-state index in [0.717, 1.165) is 0 Å². The van der Waals surface area contributed by atoms with Gasteiger partial charge in [0.1, 0.15) is 17.4 Å². The van der Waals surface area contributed by atoms with Gasteiger partial charge in [0.2, 0.25) is 0 Å². The fraction of sp³-hybridized carbons (Fsp3) is 0. The molecule has 7 heteroatoms. The Kier molecular flexibility index (Phi) is 5.16. The molecule has 0 unspecified atom stereocenters. The fourth-order valence-corrected chi connectivity index (χ4v) is 1.76. The number of amides is 1. The van der Waals surface area contributed by atoms with E-state index in [1.807, 2.05) is 0 Å². The zero-order valence-corrected chi connectivity index (χ0v) is 12.4. The first-order chi connectivity index (χ1) is 11.5. The summed E-state index contributed by atoms with van der Waals surface area (Å²) in [5, 5.41) is 32.4. The Morgan fingerprint density at radius 2 is 1.58 bits per heavy atom. The number of carbonyl (C=O) groups is 2. The van der Waals surface area contributed by atoms with Crippen LogP contribution < -0.4 is 10.6 Å². The van der Waals surface area contributed by atoms with Crippen molar-refractivity contribution in [2.24, 2.45) is 0 Å². The highest BCUT2D eigenvalue weighted by Gasteiger charge is 2.09. The third-order valence-corrected chi connectivity index (χ3v) is 3.01. The first-order valence-corrected chi connectivity index (χ1v) is 6.80. The Hall–Kier alpha value is -3.79. The number of carbonyl (C=O) groups excluding carboxylic acids is 1. The molecule has 0 aromatic heterocycles. The van der Waals surface area contributed by atoms with Gasteiger partial charge in [-0.05, 0) is 48.5 Å². The summed E-state index contributed by atoms with van der Waals surface area (Å²) in [5.74, 6) is -1.59. The quantitative estimate of drug-likeness (QED) is 0.381. The van der Waals surface area contributed by atoms with Crippen molar-refractivity contribution < 1.29 is 19.8 Å². The van der Waals surface area contributed by atoms with Crippen LogP contribution in [-0.4, -0.2) is 22.1 Å². The average Bonchev–Trinajstić information content (AvgIpc) is 2.58. The van der Waals surface area contributed by atoms with Gasteiger partial charge in [-0.25, -0.2) is 4.79 Å². The number of nitrogens with zero attached hydrogens (tertiary/aromatic N) is 1. The largest absolute Gasteiger partial charge is 0.508 e. The second-order valence-corrected chi connectivity index (χ2v) is 4.70. The fourth-order valence-electron chi connectivity index (χ4n) is 1.76. The van der Waals surface area contributed by atoms with Gasteiger partial charge in [-0.2, -0.15) is 5.26 Å². The van der Waals surface area contributed by atoms with Crippen LogP contribution in [0.2, 0.25) is 0 Å². The van der Waals surface area contributed by atoms with Gasteiger partial charge in [-0.15, -0.1) is 0 Å². The Morgan fingerprint density at radius 1 is 1.00 bits per heavy atom. The van der Waals surface area contributed by atoms with E-state index in [2.05, 4.69) is 10.6 Å². The highest BCUT2D eigenvalue weighted by molar-refractivity contribution is 6.06. The molecule has 2 aromatic carbocycles. The molecular weight excluding hydrogens is 310 g/mol. The number of hydrogen-bond acceptors (Lipinski definition) is 5. The molecule has 0 saturated heterocycles. The van der Waals surface area contributed by atoms with E-state index >= 15 is 0 Å². The summed E-state index contributed by atoms with van der Waals surface area (Å²) < 4.78 is 0. The molecular formula is C17H13N3O4. The lowest BCUT2D eigenvalue weighted by atomic mass is 10.2. The van der Waals surface area contributed by atoms with Gasteiger partial charge in [0, 0.05) is 17.6 Å². The standard InChI is InChI=1S/C17H13N3O4/c18-9-12(16(22)20-14-5-7-15(21)8-6-14)10-19-13-3-1-11(2-4-13)17(23)24/h1-8,10,19,21H,(H,20,22)(H,23,24)/b12-10-. The van der Waals surface area contributed by atoms with Crippen LogP contribution in [0.5, 0.6) is 5.75 Å². The average molecular weight is 323 g/mol. The zero-order chi connectivity index (χ0) is 17.5. The van der Waals surface area contributed by atoms with Gasteiger partial charge < -0.3 is 20.8 Å². The van der Waals surface area contributed by atoms with E-state index in [1.165, 1.54) is 54.7 Å². The molecule has 0 spiro atoms. The first-order valence-electron chi connectivity index (χ1n) is 6.80. The molecule has 0 atom stereocenters. The van der Waals surface area contributed by atoms with Crippen molar-refractivity contribution in [3.63, 3.8) is 0 Å². The SMILES string of the molecule is N#C/C(=C/Nc1ccc(C(=O)O)cc1)C(=O)Nc1ccc(O)cc1. The third-order valence-electron chi connectivity index (χ3n) is 3.01. The van der Waals surface area contributed by atoms with E-state index in [4.69, 9.17) is 10.4 Å². The molecule has 2 aromatic rings.